The Labute approximate surface area is 154 Å². The van der Waals surface area contributed by atoms with E-state index in [2.05, 4.69) is 37.3 Å². The van der Waals surface area contributed by atoms with Gasteiger partial charge in [0, 0.05) is 28.1 Å². The Kier molecular flexibility index (Phi) is 8.50. The first-order valence-corrected chi connectivity index (χ1v) is 11.5. The van der Waals surface area contributed by atoms with Crippen molar-refractivity contribution >= 4 is 32.4 Å². The van der Waals surface area contributed by atoms with E-state index in [1.807, 2.05) is 29.7 Å². The number of hydrogen-bond acceptors (Lipinski definition) is 4. The van der Waals surface area contributed by atoms with Crippen molar-refractivity contribution in [1.82, 2.24) is 0 Å². The molecule has 24 heavy (non-hydrogen) atoms. The van der Waals surface area contributed by atoms with Gasteiger partial charge < -0.3 is 4.74 Å². The lowest BCUT2D eigenvalue weighted by molar-refractivity contribution is 0.414. The Bertz CT molecular complexity index is 681. The van der Waals surface area contributed by atoms with Crippen LogP contribution < -0.4 is 4.74 Å². The summed E-state index contributed by atoms with van der Waals surface area (Å²) in [6.07, 6.45) is 1.99. The average molecular weight is 379 g/mol. The maximum atomic E-state index is 12.1. The Morgan fingerprint density at radius 2 is 1.92 bits per heavy atom. The van der Waals surface area contributed by atoms with Crippen molar-refractivity contribution in [2.45, 2.75) is 18.4 Å². The molecule has 0 spiro atoms. The molecule has 0 aliphatic rings. The van der Waals surface area contributed by atoms with Gasteiger partial charge in [-0.3, -0.25) is 4.21 Å². The lowest BCUT2D eigenvalue weighted by atomic mass is 10.2. The zero-order valence-electron chi connectivity index (χ0n) is 13.9. The molecule has 0 aliphatic carbocycles. The van der Waals surface area contributed by atoms with Crippen molar-refractivity contribution in [1.29, 1.82) is 0 Å². The Morgan fingerprint density at radius 3 is 2.67 bits per heavy atom. The maximum absolute atomic E-state index is 12.1. The molecule has 0 aromatic heterocycles. The van der Waals surface area contributed by atoms with Crippen LogP contribution in [-0.4, -0.2) is 17.1 Å². The number of ether oxygens (including phenoxy) is 1. The third-order valence-corrected chi connectivity index (χ3v) is 6.52. The van der Waals surface area contributed by atoms with Crippen LogP contribution in [-0.2, 0) is 22.3 Å². The highest BCUT2D eigenvalue weighted by Gasteiger charge is 2.00. The largest absolute Gasteiger partial charge is 0.497 e. The van der Waals surface area contributed by atoms with Gasteiger partial charge in [-0.15, -0.1) is 0 Å². The molecule has 0 saturated heterocycles. The predicted molar refractivity (Wildman–Crippen MR) is 109 cm³/mol. The van der Waals surface area contributed by atoms with E-state index in [-0.39, 0.29) is 0 Å². The summed E-state index contributed by atoms with van der Waals surface area (Å²) >= 11 is 0. The Hall–Kier alpha value is -1.17. The molecular weight excluding hydrogens is 356 g/mol. The van der Waals surface area contributed by atoms with Gasteiger partial charge in [-0.1, -0.05) is 69.6 Å². The minimum absolute atomic E-state index is 0.598. The van der Waals surface area contributed by atoms with E-state index in [0.29, 0.717) is 11.5 Å². The maximum Gasteiger partial charge on any atom is 0.119 e. The summed E-state index contributed by atoms with van der Waals surface area (Å²) in [5.74, 6) is 3.02. The van der Waals surface area contributed by atoms with Crippen molar-refractivity contribution in [3.63, 3.8) is 0 Å². The average Bonchev–Trinajstić information content (AvgIpc) is 2.60. The molecule has 1 unspecified atom stereocenters. The third kappa shape index (κ3) is 7.16. The first-order chi connectivity index (χ1) is 11.7. The molecule has 2 aromatic carbocycles. The molecule has 0 bridgehead atoms. The van der Waals surface area contributed by atoms with Gasteiger partial charge in [0.2, 0.25) is 0 Å². The van der Waals surface area contributed by atoms with Crippen LogP contribution in [0, 0.1) is 6.92 Å². The second kappa shape index (κ2) is 10.6. The van der Waals surface area contributed by atoms with Crippen molar-refractivity contribution < 1.29 is 8.95 Å². The minimum Gasteiger partial charge on any atom is -0.497 e. The molecule has 5 heteroatoms. The van der Waals surface area contributed by atoms with E-state index in [1.165, 1.54) is 11.1 Å². The number of aryl methyl sites for hydroxylation is 1. The van der Waals surface area contributed by atoms with Crippen LogP contribution in [0.15, 0.2) is 60.0 Å². The normalized spacial score (nSPS) is 12.4. The van der Waals surface area contributed by atoms with Crippen molar-refractivity contribution in [3.8, 4) is 5.75 Å². The fraction of sp³-hybridized carbons (Fsp3) is 0.263. The molecule has 2 rings (SSSR count). The molecule has 2 nitrogen and oxygen atoms in total. The molecule has 0 aliphatic heterocycles. The second-order valence-electron chi connectivity index (χ2n) is 5.32. The van der Waals surface area contributed by atoms with Crippen LogP contribution in [0.2, 0.25) is 0 Å². The van der Waals surface area contributed by atoms with E-state index in [4.69, 9.17) is 4.74 Å². The Balaban J connectivity index is 1.65. The highest BCUT2D eigenvalue weighted by Crippen LogP contribution is 2.28. The molecule has 0 amide bonds. The van der Waals surface area contributed by atoms with Gasteiger partial charge in [-0.05, 0) is 35.6 Å². The minimum atomic E-state index is -0.849. The van der Waals surface area contributed by atoms with Crippen LogP contribution in [0.25, 0.3) is 0 Å². The lowest BCUT2D eigenvalue weighted by Gasteiger charge is -2.03. The number of rotatable bonds is 9. The van der Waals surface area contributed by atoms with Gasteiger partial charge in [0.05, 0.1) is 7.11 Å². The summed E-state index contributed by atoms with van der Waals surface area (Å²) in [4.78, 5) is 0. The Morgan fingerprint density at radius 1 is 1.12 bits per heavy atom. The molecule has 128 valence electrons. The number of hydrogen-bond donors (Lipinski definition) is 0. The van der Waals surface area contributed by atoms with Crippen LogP contribution in [0.5, 0.6) is 5.75 Å². The first kappa shape index (κ1) is 19.2. The quantitative estimate of drug-likeness (QED) is 0.434. The standard InChI is InChI=1S/C19H22O2S3/c1-16-7-9-17(10-8-16)15-24(20)12-4-11-22-23-14-18-5-3-6-19(13-18)21-2/h3-11,13H,12,14-15H2,1-2H3. The van der Waals surface area contributed by atoms with E-state index >= 15 is 0 Å². The predicted octanol–water partition coefficient (Wildman–Crippen LogP) is 5.35. The second-order valence-corrected chi connectivity index (χ2v) is 9.09. The molecule has 1 atom stereocenters. The topological polar surface area (TPSA) is 26.3 Å². The summed E-state index contributed by atoms with van der Waals surface area (Å²) in [6.45, 7) is 2.06. The SMILES string of the molecule is COc1cccc(CSSC=CCS(=O)Cc2ccc(C)cc2)c1. The van der Waals surface area contributed by atoms with Crippen LogP contribution in [0.4, 0.5) is 0 Å². The molecule has 0 heterocycles. The summed E-state index contributed by atoms with van der Waals surface area (Å²) in [5.41, 5.74) is 3.60. The molecule has 0 radical (unpaired) electrons. The third-order valence-electron chi connectivity index (χ3n) is 3.31. The van der Waals surface area contributed by atoms with Crippen molar-refractivity contribution in [3.05, 3.63) is 76.7 Å². The molecule has 0 N–H and O–H groups in total. The van der Waals surface area contributed by atoms with Gasteiger partial charge in [-0.2, -0.15) is 0 Å². The summed E-state index contributed by atoms with van der Waals surface area (Å²) in [6, 6.07) is 16.3. The molecule has 2 aromatic rings. The van der Waals surface area contributed by atoms with Crippen LogP contribution in [0.3, 0.4) is 0 Å². The highest BCUT2D eigenvalue weighted by atomic mass is 33.1. The molecule has 0 fully saturated rings. The van der Waals surface area contributed by atoms with E-state index in [9.17, 15) is 4.21 Å². The summed E-state index contributed by atoms with van der Waals surface area (Å²) < 4.78 is 17.3. The zero-order valence-corrected chi connectivity index (χ0v) is 16.4. The van der Waals surface area contributed by atoms with Gasteiger partial charge in [0.25, 0.3) is 0 Å². The monoisotopic (exact) mass is 378 g/mol. The van der Waals surface area contributed by atoms with E-state index in [1.54, 1.807) is 28.7 Å². The molecular formula is C19H22O2S3. The van der Waals surface area contributed by atoms with Crippen molar-refractivity contribution in [2.75, 3.05) is 12.9 Å². The van der Waals surface area contributed by atoms with Gasteiger partial charge in [0.1, 0.15) is 5.75 Å². The summed E-state index contributed by atoms with van der Waals surface area (Å²) in [5, 5.41) is 2.03. The van der Waals surface area contributed by atoms with Crippen molar-refractivity contribution in [2.24, 2.45) is 0 Å². The fourth-order valence-electron chi connectivity index (χ4n) is 2.02. The van der Waals surface area contributed by atoms with Gasteiger partial charge >= 0.3 is 0 Å². The van der Waals surface area contributed by atoms with E-state index < -0.39 is 10.8 Å². The summed E-state index contributed by atoms with van der Waals surface area (Å²) in [7, 11) is 4.26. The van der Waals surface area contributed by atoms with Crippen LogP contribution >= 0.6 is 21.6 Å². The zero-order chi connectivity index (χ0) is 17.2. The molecule has 0 saturated carbocycles. The van der Waals surface area contributed by atoms with Gasteiger partial charge in [-0.25, -0.2) is 0 Å². The van der Waals surface area contributed by atoms with Crippen LogP contribution in [0.1, 0.15) is 16.7 Å². The smallest absolute Gasteiger partial charge is 0.119 e. The first-order valence-electron chi connectivity index (χ1n) is 7.64. The lowest BCUT2D eigenvalue weighted by Crippen LogP contribution is -1.98. The van der Waals surface area contributed by atoms with Gasteiger partial charge in [0.15, 0.2) is 0 Å². The number of methoxy groups -OCH3 is 1. The van der Waals surface area contributed by atoms with E-state index in [0.717, 1.165) is 17.1 Å². The number of benzene rings is 2. The highest BCUT2D eigenvalue weighted by molar-refractivity contribution is 8.77. The fourth-order valence-corrected chi connectivity index (χ4v) is 4.85.